The summed E-state index contributed by atoms with van der Waals surface area (Å²) in [5, 5.41) is 3.73. The number of benzene rings is 1. The quantitative estimate of drug-likeness (QED) is 0.757. The molecule has 0 spiro atoms. The number of aromatic nitrogens is 1. The Morgan fingerprint density at radius 1 is 1.35 bits per heavy atom. The van der Waals surface area contributed by atoms with Gasteiger partial charge < -0.3 is 11.1 Å². The fourth-order valence-electron chi connectivity index (χ4n) is 2.02. The maximum Gasteiger partial charge on any atom is 0.267 e. The average molecular weight is 283 g/mol. The van der Waals surface area contributed by atoms with Crippen molar-refractivity contribution in [1.29, 1.82) is 0 Å². The summed E-state index contributed by atoms with van der Waals surface area (Å²) in [4.78, 5) is 16.8. The molecule has 0 aliphatic heterocycles. The third-order valence-electron chi connectivity index (χ3n) is 3.01. The highest BCUT2D eigenvalue weighted by Gasteiger charge is 2.16. The Kier molecular flexibility index (Phi) is 3.12. The fraction of sp³-hybridized carbons (Fsp3) is 0.0667. The molecular weight excluding hydrogens is 270 g/mol. The van der Waals surface area contributed by atoms with Crippen LogP contribution >= 0.6 is 11.3 Å². The first-order valence-corrected chi connectivity index (χ1v) is 6.97. The molecule has 20 heavy (non-hydrogen) atoms. The molecule has 0 aliphatic carbocycles. The molecule has 1 amide bonds. The Morgan fingerprint density at radius 3 is 2.95 bits per heavy atom. The fourth-order valence-corrected chi connectivity index (χ4v) is 3.13. The van der Waals surface area contributed by atoms with Crippen LogP contribution in [0, 0.1) is 6.92 Å². The summed E-state index contributed by atoms with van der Waals surface area (Å²) in [6, 6.07) is 9.55. The zero-order chi connectivity index (χ0) is 14.1. The molecule has 2 heterocycles. The van der Waals surface area contributed by atoms with Crippen LogP contribution in [0.3, 0.4) is 0 Å². The molecule has 5 heteroatoms. The predicted octanol–water partition coefficient (Wildman–Crippen LogP) is 3.44. The summed E-state index contributed by atoms with van der Waals surface area (Å²) < 4.78 is 1.03. The van der Waals surface area contributed by atoms with Crippen molar-refractivity contribution in [3.05, 3.63) is 53.2 Å². The molecule has 100 valence electrons. The molecule has 3 aromatic rings. The summed E-state index contributed by atoms with van der Waals surface area (Å²) in [5.74, 6) is -0.200. The third kappa shape index (κ3) is 2.23. The molecule has 0 aliphatic rings. The third-order valence-corrected chi connectivity index (χ3v) is 4.18. The molecule has 0 atom stereocenters. The van der Waals surface area contributed by atoms with Crippen molar-refractivity contribution in [1.82, 2.24) is 4.98 Å². The highest BCUT2D eigenvalue weighted by molar-refractivity contribution is 7.21. The number of pyridine rings is 1. The van der Waals surface area contributed by atoms with Gasteiger partial charge in [-0.15, -0.1) is 11.3 Å². The molecule has 0 radical (unpaired) electrons. The standard InChI is InChI=1S/C15H13N3OS/c1-9-4-5-11-12(7-9)20-14(13(11)16)15(19)18-10-3-2-6-17-8-10/h2-8H,16H2,1H3,(H,18,19). The Hall–Kier alpha value is -2.40. The number of aryl methyl sites for hydroxylation is 1. The number of thiophene rings is 1. The van der Waals surface area contributed by atoms with E-state index in [1.165, 1.54) is 11.3 Å². The van der Waals surface area contributed by atoms with Crippen LogP contribution < -0.4 is 11.1 Å². The minimum absolute atomic E-state index is 0.200. The van der Waals surface area contributed by atoms with Crippen molar-refractivity contribution >= 4 is 38.7 Å². The van der Waals surface area contributed by atoms with Gasteiger partial charge in [0, 0.05) is 16.3 Å². The average Bonchev–Trinajstić information content (AvgIpc) is 2.76. The summed E-state index contributed by atoms with van der Waals surface area (Å²) in [6.45, 7) is 2.02. The van der Waals surface area contributed by atoms with E-state index in [1.807, 2.05) is 25.1 Å². The SMILES string of the molecule is Cc1ccc2c(N)c(C(=O)Nc3cccnc3)sc2c1. The van der Waals surface area contributed by atoms with Gasteiger partial charge in [-0.1, -0.05) is 12.1 Å². The van der Waals surface area contributed by atoms with Gasteiger partial charge in [-0.3, -0.25) is 9.78 Å². The molecule has 4 nitrogen and oxygen atoms in total. The molecule has 0 bridgehead atoms. The van der Waals surface area contributed by atoms with E-state index in [1.54, 1.807) is 24.5 Å². The topological polar surface area (TPSA) is 68.0 Å². The summed E-state index contributed by atoms with van der Waals surface area (Å²) in [6.07, 6.45) is 3.26. The number of hydrogen-bond donors (Lipinski definition) is 2. The van der Waals surface area contributed by atoms with E-state index in [9.17, 15) is 4.79 Å². The highest BCUT2D eigenvalue weighted by atomic mass is 32.1. The molecule has 3 N–H and O–H groups in total. The van der Waals surface area contributed by atoms with E-state index < -0.39 is 0 Å². The number of rotatable bonds is 2. The monoisotopic (exact) mass is 283 g/mol. The molecule has 0 saturated carbocycles. The lowest BCUT2D eigenvalue weighted by Crippen LogP contribution is -2.11. The van der Waals surface area contributed by atoms with E-state index in [4.69, 9.17) is 5.73 Å². The van der Waals surface area contributed by atoms with Gasteiger partial charge in [-0.05, 0) is 30.7 Å². The minimum atomic E-state index is -0.200. The lowest BCUT2D eigenvalue weighted by atomic mass is 10.1. The first kappa shape index (κ1) is 12.6. The normalized spacial score (nSPS) is 10.7. The van der Waals surface area contributed by atoms with Gasteiger partial charge in [0.25, 0.3) is 5.91 Å². The first-order valence-electron chi connectivity index (χ1n) is 6.15. The number of carbonyl (C=O) groups excluding carboxylic acids is 1. The number of nitrogens with zero attached hydrogens (tertiary/aromatic N) is 1. The van der Waals surface area contributed by atoms with Crippen molar-refractivity contribution in [2.45, 2.75) is 6.92 Å². The van der Waals surface area contributed by atoms with E-state index in [0.717, 1.165) is 15.6 Å². The van der Waals surface area contributed by atoms with E-state index in [-0.39, 0.29) is 5.91 Å². The van der Waals surface area contributed by atoms with Gasteiger partial charge in [0.1, 0.15) is 4.88 Å². The lowest BCUT2D eigenvalue weighted by Gasteiger charge is -2.03. The van der Waals surface area contributed by atoms with Crippen LogP contribution in [0.15, 0.2) is 42.7 Å². The maximum atomic E-state index is 12.3. The van der Waals surface area contributed by atoms with Gasteiger partial charge >= 0.3 is 0 Å². The second-order valence-electron chi connectivity index (χ2n) is 4.54. The molecule has 2 aromatic heterocycles. The van der Waals surface area contributed by atoms with Crippen LogP contribution in [0.1, 0.15) is 15.2 Å². The number of fused-ring (bicyclic) bond motifs is 1. The summed E-state index contributed by atoms with van der Waals surface area (Å²) in [5.41, 5.74) is 8.42. The summed E-state index contributed by atoms with van der Waals surface area (Å²) in [7, 11) is 0. The lowest BCUT2D eigenvalue weighted by molar-refractivity contribution is 0.103. The van der Waals surface area contributed by atoms with Gasteiger partial charge in [0.05, 0.1) is 17.6 Å². The molecule has 0 unspecified atom stereocenters. The maximum absolute atomic E-state index is 12.3. The Balaban J connectivity index is 1.97. The van der Waals surface area contributed by atoms with Crippen LogP contribution in [0.2, 0.25) is 0 Å². The largest absolute Gasteiger partial charge is 0.397 e. The van der Waals surface area contributed by atoms with Crippen LogP contribution in [0.5, 0.6) is 0 Å². The van der Waals surface area contributed by atoms with Crippen molar-refractivity contribution < 1.29 is 4.79 Å². The van der Waals surface area contributed by atoms with Crippen molar-refractivity contribution in [3.63, 3.8) is 0 Å². The van der Waals surface area contributed by atoms with E-state index in [2.05, 4.69) is 10.3 Å². The number of carbonyl (C=O) groups is 1. The van der Waals surface area contributed by atoms with E-state index in [0.29, 0.717) is 16.3 Å². The Bertz CT molecular complexity index is 780. The number of nitrogens with one attached hydrogen (secondary N) is 1. The predicted molar refractivity (Wildman–Crippen MR) is 83.2 cm³/mol. The van der Waals surface area contributed by atoms with Gasteiger partial charge in [-0.25, -0.2) is 0 Å². The molecule has 0 fully saturated rings. The number of amides is 1. The number of anilines is 2. The first-order chi connectivity index (χ1) is 9.65. The Labute approximate surface area is 120 Å². The van der Waals surface area contributed by atoms with Crippen molar-refractivity contribution in [2.75, 3.05) is 11.1 Å². The summed E-state index contributed by atoms with van der Waals surface area (Å²) >= 11 is 1.41. The van der Waals surface area contributed by atoms with Crippen LogP contribution in [-0.2, 0) is 0 Å². The smallest absolute Gasteiger partial charge is 0.267 e. The number of hydrogen-bond acceptors (Lipinski definition) is 4. The Morgan fingerprint density at radius 2 is 2.20 bits per heavy atom. The zero-order valence-electron chi connectivity index (χ0n) is 10.9. The molecule has 3 rings (SSSR count). The molecular formula is C15H13N3OS. The van der Waals surface area contributed by atoms with Crippen LogP contribution in [-0.4, -0.2) is 10.9 Å². The van der Waals surface area contributed by atoms with Gasteiger partial charge in [0.15, 0.2) is 0 Å². The van der Waals surface area contributed by atoms with Crippen molar-refractivity contribution in [2.24, 2.45) is 0 Å². The zero-order valence-corrected chi connectivity index (χ0v) is 11.7. The number of nitrogens with two attached hydrogens (primary N) is 1. The second kappa shape index (κ2) is 4.94. The van der Waals surface area contributed by atoms with E-state index >= 15 is 0 Å². The number of nitrogen functional groups attached to an aromatic ring is 1. The minimum Gasteiger partial charge on any atom is -0.397 e. The second-order valence-corrected chi connectivity index (χ2v) is 5.59. The molecule has 1 aromatic carbocycles. The highest BCUT2D eigenvalue weighted by Crippen LogP contribution is 2.34. The van der Waals surface area contributed by atoms with Gasteiger partial charge in [-0.2, -0.15) is 0 Å². The van der Waals surface area contributed by atoms with Crippen LogP contribution in [0.4, 0.5) is 11.4 Å². The van der Waals surface area contributed by atoms with Crippen molar-refractivity contribution in [3.8, 4) is 0 Å². The molecule has 0 saturated heterocycles. The van der Waals surface area contributed by atoms with Gasteiger partial charge in [0.2, 0.25) is 0 Å². The van der Waals surface area contributed by atoms with Crippen LogP contribution in [0.25, 0.3) is 10.1 Å².